The van der Waals surface area contributed by atoms with Crippen molar-refractivity contribution in [3.05, 3.63) is 70.4 Å². The van der Waals surface area contributed by atoms with Crippen molar-refractivity contribution >= 4 is 23.3 Å². The number of amides is 1. The van der Waals surface area contributed by atoms with Gasteiger partial charge in [0.05, 0.1) is 25.0 Å². The highest BCUT2D eigenvalue weighted by atomic mass is 35.5. The number of anilines is 1. The quantitative estimate of drug-likeness (QED) is 0.426. The molecule has 1 aliphatic rings. The van der Waals surface area contributed by atoms with Crippen molar-refractivity contribution in [3.63, 3.8) is 0 Å². The lowest BCUT2D eigenvalue weighted by molar-refractivity contribution is -0.263. The van der Waals surface area contributed by atoms with Crippen LogP contribution in [0.5, 0.6) is 5.75 Å². The standard InChI is InChI=1S/C25H26ClF3N4O3/c1-23(2,19-5-3-4-15-10-11-36-20(15)19)13-24(35,25(27,28)29)14-31-22(34)18-12-32-33(21(18)30)17-8-6-16(26)7-9-17/h3-9,12,35H,10-11,13-14,30H2,1-2H3,(H,31,34). The van der Waals surface area contributed by atoms with Gasteiger partial charge in [0, 0.05) is 17.0 Å². The number of carbonyl (C=O) groups excluding carboxylic acids is 1. The van der Waals surface area contributed by atoms with Crippen LogP contribution in [0.4, 0.5) is 19.0 Å². The molecule has 4 rings (SSSR count). The molecule has 0 aliphatic carbocycles. The number of hydrogen-bond acceptors (Lipinski definition) is 5. The summed E-state index contributed by atoms with van der Waals surface area (Å²) in [5.41, 5.74) is 3.58. The Bertz CT molecular complexity index is 1270. The zero-order valence-electron chi connectivity index (χ0n) is 19.7. The molecule has 1 aromatic heterocycles. The number of halogens is 4. The highest BCUT2D eigenvalue weighted by Crippen LogP contribution is 2.45. The Labute approximate surface area is 211 Å². The van der Waals surface area contributed by atoms with Crippen molar-refractivity contribution in [1.82, 2.24) is 15.1 Å². The van der Waals surface area contributed by atoms with E-state index in [0.29, 0.717) is 35.1 Å². The third-order valence-electron chi connectivity index (χ3n) is 6.37. The van der Waals surface area contributed by atoms with Crippen LogP contribution in [0.15, 0.2) is 48.7 Å². The minimum atomic E-state index is -5.02. The Morgan fingerprint density at radius 1 is 1.22 bits per heavy atom. The monoisotopic (exact) mass is 522 g/mol. The normalized spacial score (nSPS) is 15.2. The van der Waals surface area contributed by atoms with Gasteiger partial charge in [-0.15, -0.1) is 0 Å². The number of para-hydroxylation sites is 1. The van der Waals surface area contributed by atoms with Crippen LogP contribution in [0.25, 0.3) is 5.69 Å². The molecule has 7 nitrogen and oxygen atoms in total. The number of fused-ring (bicyclic) bond motifs is 1. The predicted octanol–water partition coefficient (Wildman–Crippen LogP) is 4.43. The first-order valence-electron chi connectivity index (χ1n) is 11.2. The fourth-order valence-corrected chi connectivity index (χ4v) is 4.61. The summed E-state index contributed by atoms with van der Waals surface area (Å²) in [5, 5.41) is 17.6. The Balaban J connectivity index is 1.54. The van der Waals surface area contributed by atoms with Gasteiger partial charge in [-0.25, -0.2) is 4.68 Å². The van der Waals surface area contributed by atoms with E-state index >= 15 is 0 Å². The van der Waals surface area contributed by atoms with Gasteiger partial charge in [-0.3, -0.25) is 4.79 Å². The fraction of sp³-hybridized carbons (Fsp3) is 0.360. The van der Waals surface area contributed by atoms with Crippen molar-refractivity contribution in [1.29, 1.82) is 0 Å². The van der Waals surface area contributed by atoms with Gasteiger partial charge < -0.3 is 20.9 Å². The fourth-order valence-electron chi connectivity index (χ4n) is 4.48. The van der Waals surface area contributed by atoms with E-state index in [4.69, 9.17) is 22.1 Å². The highest BCUT2D eigenvalue weighted by molar-refractivity contribution is 6.30. The van der Waals surface area contributed by atoms with Gasteiger partial charge in [0.1, 0.15) is 17.1 Å². The summed E-state index contributed by atoms with van der Waals surface area (Å²) < 4.78 is 49.3. The summed E-state index contributed by atoms with van der Waals surface area (Å²) in [6, 6.07) is 11.8. The molecule has 192 valence electrons. The van der Waals surface area contributed by atoms with Crippen molar-refractivity contribution in [2.45, 2.75) is 43.9 Å². The van der Waals surface area contributed by atoms with Gasteiger partial charge >= 0.3 is 6.18 Å². The van der Waals surface area contributed by atoms with E-state index in [1.54, 1.807) is 50.2 Å². The minimum absolute atomic E-state index is 0.0669. The van der Waals surface area contributed by atoms with Crippen molar-refractivity contribution < 1.29 is 27.8 Å². The second kappa shape index (κ2) is 9.33. The zero-order chi connectivity index (χ0) is 26.3. The lowest BCUT2D eigenvalue weighted by Crippen LogP contribution is -2.56. The minimum Gasteiger partial charge on any atom is -0.493 e. The third-order valence-corrected chi connectivity index (χ3v) is 6.62. The number of hydrogen-bond donors (Lipinski definition) is 3. The molecule has 2 heterocycles. The van der Waals surface area contributed by atoms with E-state index in [1.807, 2.05) is 6.07 Å². The number of alkyl halides is 3. The summed E-state index contributed by atoms with van der Waals surface area (Å²) in [6.07, 6.45) is -3.90. The molecule has 0 spiro atoms. The number of nitrogens with one attached hydrogen (secondary N) is 1. The molecule has 0 saturated heterocycles. The van der Waals surface area contributed by atoms with Gasteiger partial charge in [-0.1, -0.05) is 43.6 Å². The van der Waals surface area contributed by atoms with E-state index in [0.717, 1.165) is 11.8 Å². The number of benzene rings is 2. The van der Waals surface area contributed by atoms with Crippen LogP contribution in [-0.4, -0.2) is 45.7 Å². The summed E-state index contributed by atoms with van der Waals surface area (Å²) in [5.74, 6) is -0.404. The summed E-state index contributed by atoms with van der Waals surface area (Å²) in [6.45, 7) is 2.60. The number of ether oxygens (including phenoxy) is 1. The first-order chi connectivity index (χ1) is 16.8. The van der Waals surface area contributed by atoms with E-state index in [2.05, 4.69) is 10.4 Å². The smallest absolute Gasteiger partial charge is 0.418 e. The molecule has 0 bridgehead atoms. The Morgan fingerprint density at radius 2 is 1.92 bits per heavy atom. The van der Waals surface area contributed by atoms with E-state index in [1.165, 1.54) is 4.68 Å². The maximum absolute atomic E-state index is 14.1. The first kappa shape index (κ1) is 25.8. The molecule has 1 aliphatic heterocycles. The Kier molecular flexibility index (Phi) is 6.70. The SMILES string of the molecule is CC(C)(CC(O)(CNC(=O)c1cnn(-c2ccc(Cl)cc2)c1N)C(F)(F)F)c1cccc2c1OCC2. The van der Waals surface area contributed by atoms with Gasteiger partial charge in [-0.2, -0.15) is 18.3 Å². The number of rotatable bonds is 7. The van der Waals surface area contributed by atoms with Gasteiger partial charge in [0.15, 0.2) is 5.60 Å². The molecule has 1 unspecified atom stereocenters. The number of aliphatic hydroxyl groups is 1. The molecule has 1 atom stereocenters. The van der Waals surface area contributed by atoms with E-state index in [9.17, 15) is 23.1 Å². The van der Waals surface area contributed by atoms with Gasteiger partial charge in [0.2, 0.25) is 0 Å². The summed E-state index contributed by atoms with van der Waals surface area (Å²) in [4.78, 5) is 12.8. The van der Waals surface area contributed by atoms with Crippen molar-refractivity contribution in [3.8, 4) is 11.4 Å². The van der Waals surface area contributed by atoms with Crippen LogP contribution in [0.1, 0.15) is 41.8 Å². The van der Waals surface area contributed by atoms with E-state index in [-0.39, 0.29) is 11.4 Å². The van der Waals surface area contributed by atoms with Crippen LogP contribution >= 0.6 is 11.6 Å². The van der Waals surface area contributed by atoms with Crippen LogP contribution in [-0.2, 0) is 11.8 Å². The second-order valence-electron chi connectivity index (χ2n) is 9.50. The number of nitrogens with zero attached hydrogens (tertiary/aromatic N) is 2. The average Bonchev–Trinajstić information content (AvgIpc) is 3.43. The van der Waals surface area contributed by atoms with Crippen LogP contribution in [0, 0.1) is 0 Å². The van der Waals surface area contributed by atoms with Crippen molar-refractivity contribution in [2.75, 3.05) is 18.9 Å². The molecule has 1 amide bonds. The molecular formula is C25H26ClF3N4O3. The number of nitrogens with two attached hydrogens (primary N) is 1. The van der Waals surface area contributed by atoms with Crippen LogP contribution in [0.3, 0.4) is 0 Å². The third kappa shape index (κ3) is 4.87. The maximum atomic E-state index is 14.1. The summed E-state index contributed by atoms with van der Waals surface area (Å²) in [7, 11) is 0. The largest absolute Gasteiger partial charge is 0.493 e. The molecule has 0 fully saturated rings. The molecule has 0 radical (unpaired) electrons. The maximum Gasteiger partial charge on any atom is 0.418 e. The molecule has 36 heavy (non-hydrogen) atoms. The topological polar surface area (TPSA) is 102 Å². The lowest BCUT2D eigenvalue weighted by atomic mass is 9.74. The Hall–Kier alpha value is -3.24. The molecular weight excluding hydrogens is 497 g/mol. The van der Waals surface area contributed by atoms with Crippen LogP contribution < -0.4 is 15.8 Å². The molecule has 4 N–H and O–H groups in total. The highest BCUT2D eigenvalue weighted by Gasteiger charge is 2.56. The zero-order valence-corrected chi connectivity index (χ0v) is 20.5. The Morgan fingerprint density at radius 3 is 2.58 bits per heavy atom. The van der Waals surface area contributed by atoms with E-state index < -0.39 is 36.1 Å². The number of aromatic nitrogens is 2. The van der Waals surface area contributed by atoms with Gasteiger partial charge in [0.25, 0.3) is 5.91 Å². The molecule has 2 aromatic carbocycles. The molecule has 0 saturated carbocycles. The lowest BCUT2D eigenvalue weighted by Gasteiger charge is -2.38. The number of carbonyl (C=O) groups is 1. The van der Waals surface area contributed by atoms with Crippen molar-refractivity contribution in [2.24, 2.45) is 0 Å². The molecule has 11 heteroatoms. The average molecular weight is 523 g/mol. The second-order valence-corrected chi connectivity index (χ2v) is 9.93. The molecule has 3 aromatic rings. The first-order valence-corrected chi connectivity index (χ1v) is 11.6. The van der Waals surface area contributed by atoms with Crippen LogP contribution in [0.2, 0.25) is 5.02 Å². The number of nitrogen functional groups attached to an aromatic ring is 1. The van der Waals surface area contributed by atoms with Gasteiger partial charge in [-0.05, 0) is 41.7 Å². The predicted molar refractivity (Wildman–Crippen MR) is 130 cm³/mol. The summed E-state index contributed by atoms with van der Waals surface area (Å²) >= 11 is 5.88.